The molecule has 1 N–H and O–H groups in total. The van der Waals surface area contributed by atoms with Crippen LogP contribution in [0.15, 0.2) is 17.1 Å². The molecular weight excluding hydrogens is 244 g/mol. The lowest BCUT2D eigenvalue weighted by molar-refractivity contribution is 0.199. The zero-order chi connectivity index (χ0) is 14.1. The van der Waals surface area contributed by atoms with Gasteiger partial charge in [0.05, 0.1) is 25.0 Å². The first-order chi connectivity index (χ1) is 9.19. The largest absolute Gasteiger partial charge is 0.383 e. The minimum atomic E-state index is -0.0611. The first kappa shape index (κ1) is 15.7. The Balaban J connectivity index is 2.50. The smallest absolute Gasteiger partial charge is 0.268 e. The molecule has 108 valence electrons. The topological polar surface area (TPSA) is 59.4 Å². The zero-order valence-corrected chi connectivity index (χ0v) is 12.1. The molecule has 19 heavy (non-hydrogen) atoms. The number of methoxy groups -OCH3 is 1. The number of nitrogens with zero attached hydrogens (tertiary/aromatic N) is 3. The van der Waals surface area contributed by atoms with Gasteiger partial charge in [0.1, 0.15) is 0 Å². The van der Waals surface area contributed by atoms with Crippen molar-refractivity contribution in [2.24, 2.45) is 0 Å². The van der Waals surface area contributed by atoms with Crippen molar-refractivity contribution in [3.63, 3.8) is 0 Å². The van der Waals surface area contributed by atoms with Crippen molar-refractivity contribution in [1.82, 2.24) is 15.1 Å². The molecule has 0 saturated heterocycles. The summed E-state index contributed by atoms with van der Waals surface area (Å²) in [5.74, 6) is 0. The molecule has 0 radical (unpaired) electrons. The van der Waals surface area contributed by atoms with Gasteiger partial charge in [-0.1, -0.05) is 6.92 Å². The van der Waals surface area contributed by atoms with Gasteiger partial charge < -0.3 is 15.0 Å². The summed E-state index contributed by atoms with van der Waals surface area (Å²) in [5.41, 5.74) is 0.810. The van der Waals surface area contributed by atoms with E-state index >= 15 is 0 Å². The molecule has 0 unspecified atom stereocenters. The lowest BCUT2D eigenvalue weighted by Gasteiger charge is -2.17. The van der Waals surface area contributed by atoms with Crippen LogP contribution in [0.1, 0.15) is 13.3 Å². The number of anilines is 1. The molecule has 6 heteroatoms. The van der Waals surface area contributed by atoms with Crippen LogP contribution in [0.4, 0.5) is 5.69 Å². The van der Waals surface area contributed by atoms with Crippen LogP contribution in [0.25, 0.3) is 0 Å². The third kappa shape index (κ3) is 5.40. The van der Waals surface area contributed by atoms with Crippen LogP contribution in [0.2, 0.25) is 0 Å². The van der Waals surface area contributed by atoms with Gasteiger partial charge in [-0.05, 0) is 6.42 Å². The van der Waals surface area contributed by atoms with E-state index in [0.717, 1.165) is 25.2 Å². The van der Waals surface area contributed by atoms with E-state index in [-0.39, 0.29) is 5.56 Å². The Morgan fingerprint density at radius 3 is 2.89 bits per heavy atom. The molecule has 0 saturated carbocycles. The molecule has 0 fully saturated rings. The Morgan fingerprint density at radius 2 is 2.26 bits per heavy atom. The van der Waals surface area contributed by atoms with Gasteiger partial charge in [-0.3, -0.25) is 4.79 Å². The maximum absolute atomic E-state index is 11.9. The Hall–Kier alpha value is -1.40. The molecule has 0 aliphatic carbocycles. The average Bonchev–Trinajstić information content (AvgIpc) is 2.40. The normalized spacial score (nSPS) is 10.7. The van der Waals surface area contributed by atoms with E-state index in [1.165, 1.54) is 4.68 Å². The van der Waals surface area contributed by atoms with Crippen LogP contribution < -0.4 is 15.8 Å². The van der Waals surface area contributed by atoms with Gasteiger partial charge >= 0.3 is 0 Å². The summed E-state index contributed by atoms with van der Waals surface area (Å²) in [6.07, 6.45) is 2.79. The van der Waals surface area contributed by atoms with Crippen molar-refractivity contribution in [3.05, 3.63) is 22.6 Å². The molecule has 0 spiro atoms. The molecule has 1 aromatic rings. The molecule has 1 heterocycles. The molecule has 0 aliphatic rings. The molecular formula is C13H24N4O2. The quantitative estimate of drug-likeness (QED) is 0.654. The maximum atomic E-state index is 11.9. The summed E-state index contributed by atoms with van der Waals surface area (Å²) in [4.78, 5) is 13.9. The SMILES string of the molecule is CCCN(C)c1cnn(CCNCCOC)c(=O)c1. The summed E-state index contributed by atoms with van der Waals surface area (Å²) in [6, 6.07) is 1.64. The van der Waals surface area contributed by atoms with E-state index in [2.05, 4.69) is 17.3 Å². The van der Waals surface area contributed by atoms with Crippen molar-refractivity contribution >= 4 is 5.69 Å². The van der Waals surface area contributed by atoms with Gasteiger partial charge in [-0.25, -0.2) is 4.68 Å². The number of nitrogens with one attached hydrogen (secondary N) is 1. The Morgan fingerprint density at radius 1 is 1.47 bits per heavy atom. The molecule has 0 bridgehead atoms. The monoisotopic (exact) mass is 268 g/mol. The molecule has 0 atom stereocenters. The fourth-order valence-corrected chi connectivity index (χ4v) is 1.75. The van der Waals surface area contributed by atoms with Crippen LogP contribution in [-0.4, -0.2) is 50.2 Å². The van der Waals surface area contributed by atoms with Crippen LogP contribution in [0.3, 0.4) is 0 Å². The zero-order valence-electron chi connectivity index (χ0n) is 12.1. The van der Waals surface area contributed by atoms with Crippen molar-refractivity contribution in [3.8, 4) is 0 Å². The second kappa shape index (κ2) is 8.66. The first-order valence-electron chi connectivity index (χ1n) is 6.67. The van der Waals surface area contributed by atoms with E-state index in [9.17, 15) is 4.79 Å². The van der Waals surface area contributed by atoms with Crippen molar-refractivity contribution < 1.29 is 4.74 Å². The summed E-state index contributed by atoms with van der Waals surface area (Å²) >= 11 is 0. The Labute approximate surface area is 114 Å². The Bertz CT molecular complexity index is 419. The number of aromatic nitrogens is 2. The van der Waals surface area contributed by atoms with Gasteiger partial charge in [-0.2, -0.15) is 5.10 Å². The maximum Gasteiger partial charge on any atom is 0.268 e. The highest BCUT2D eigenvalue weighted by Gasteiger charge is 2.03. The third-order valence-electron chi connectivity index (χ3n) is 2.84. The standard InChI is InChI=1S/C13H24N4O2/c1-4-7-16(2)12-10-13(18)17(15-11-12)8-5-14-6-9-19-3/h10-11,14H,4-9H2,1-3H3. The van der Waals surface area contributed by atoms with Crippen molar-refractivity contribution in [1.29, 1.82) is 0 Å². The lowest BCUT2D eigenvalue weighted by atomic mass is 10.3. The van der Waals surface area contributed by atoms with Gasteiger partial charge in [0.15, 0.2) is 0 Å². The van der Waals surface area contributed by atoms with E-state index in [1.807, 2.05) is 11.9 Å². The van der Waals surface area contributed by atoms with E-state index < -0.39 is 0 Å². The van der Waals surface area contributed by atoms with Crippen LogP contribution in [0, 0.1) is 0 Å². The molecule has 1 rings (SSSR count). The Kier molecular flexibility index (Phi) is 7.14. The van der Waals surface area contributed by atoms with Crippen molar-refractivity contribution in [2.75, 3.05) is 45.3 Å². The summed E-state index contributed by atoms with van der Waals surface area (Å²) in [5, 5.41) is 7.38. The molecule has 0 amide bonds. The number of ether oxygens (including phenoxy) is 1. The van der Waals surface area contributed by atoms with E-state index in [4.69, 9.17) is 4.74 Å². The highest BCUT2D eigenvalue weighted by molar-refractivity contribution is 5.41. The van der Waals surface area contributed by atoms with Gasteiger partial charge in [0.25, 0.3) is 5.56 Å². The highest BCUT2D eigenvalue weighted by Crippen LogP contribution is 2.06. The van der Waals surface area contributed by atoms with E-state index in [1.54, 1.807) is 19.4 Å². The molecule has 0 aromatic carbocycles. The summed E-state index contributed by atoms with van der Waals surface area (Å²) in [7, 11) is 3.63. The van der Waals surface area contributed by atoms with E-state index in [0.29, 0.717) is 19.7 Å². The van der Waals surface area contributed by atoms with Crippen molar-refractivity contribution in [2.45, 2.75) is 19.9 Å². The van der Waals surface area contributed by atoms with Gasteiger partial charge in [0, 0.05) is 39.9 Å². The minimum Gasteiger partial charge on any atom is -0.383 e. The van der Waals surface area contributed by atoms with Crippen LogP contribution >= 0.6 is 0 Å². The fraction of sp³-hybridized carbons (Fsp3) is 0.692. The van der Waals surface area contributed by atoms with Crippen LogP contribution in [0.5, 0.6) is 0 Å². The predicted molar refractivity (Wildman–Crippen MR) is 76.8 cm³/mol. The average molecular weight is 268 g/mol. The summed E-state index contributed by atoms with van der Waals surface area (Å²) in [6.45, 7) is 5.76. The van der Waals surface area contributed by atoms with Gasteiger partial charge in [-0.15, -0.1) is 0 Å². The predicted octanol–water partition coefficient (Wildman–Crippen LogP) is 0.326. The second-order valence-corrected chi connectivity index (χ2v) is 4.44. The third-order valence-corrected chi connectivity index (χ3v) is 2.84. The lowest BCUT2D eigenvalue weighted by Crippen LogP contribution is -2.31. The number of hydrogen-bond donors (Lipinski definition) is 1. The minimum absolute atomic E-state index is 0.0611. The molecule has 0 aliphatic heterocycles. The fourth-order valence-electron chi connectivity index (χ4n) is 1.75. The van der Waals surface area contributed by atoms with Crippen LogP contribution in [-0.2, 0) is 11.3 Å². The number of rotatable bonds is 9. The number of hydrogen-bond acceptors (Lipinski definition) is 5. The first-order valence-corrected chi connectivity index (χ1v) is 6.67. The summed E-state index contributed by atoms with van der Waals surface area (Å²) < 4.78 is 6.41. The highest BCUT2D eigenvalue weighted by atomic mass is 16.5. The molecule has 6 nitrogen and oxygen atoms in total. The second-order valence-electron chi connectivity index (χ2n) is 4.44. The molecule has 1 aromatic heterocycles. The van der Waals surface area contributed by atoms with Gasteiger partial charge in [0.2, 0.25) is 0 Å².